The van der Waals surface area contributed by atoms with Crippen LogP contribution in [-0.2, 0) is 6.54 Å². The lowest BCUT2D eigenvalue weighted by Gasteiger charge is -2.15. The maximum Gasteiger partial charge on any atom is 0.265 e. The summed E-state index contributed by atoms with van der Waals surface area (Å²) < 4.78 is 10.9. The number of nitrogen functional groups attached to an aromatic ring is 1. The molecule has 0 saturated carbocycles. The van der Waals surface area contributed by atoms with E-state index >= 15 is 0 Å². The molecule has 0 spiro atoms. The second-order valence-corrected chi connectivity index (χ2v) is 4.67. The first kappa shape index (κ1) is 15.1. The molecule has 0 aliphatic rings. The van der Waals surface area contributed by atoms with Gasteiger partial charge in [0, 0.05) is 12.1 Å². The van der Waals surface area contributed by atoms with Crippen LogP contribution in [0.3, 0.4) is 0 Å². The second-order valence-electron chi connectivity index (χ2n) is 4.67. The molecule has 1 aromatic heterocycles. The van der Waals surface area contributed by atoms with Crippen LogP contribution >= 0.6 is 0 Å². The van der Waals surface area contributed by atoms with Crippen LogP contribution in [0, 0.1) is 0 Å². The van der Waals surface area contributed by atoms with E-state index in [0.717, 1.165) is 18.8 Å². The molecule has 6 nitrogen and oxygen atoms in total. The van der Waals surface area contributed by atoms with E-state index in [-0.39, 0.29) is 5.91 Å². The van der Waals surface area contributed by atoms with Crippen molar-refractivity contribution < 1.29 is 13.9 Å². The highest BCUT2D eigenvalue weighted by Crippen LogP contribution is 2.13. The minimum Gasteiger partial charge on any atom is -0.492 e. The fraction of sp³-hybridized carbons (Fsp3) is 0.267. The van der Waals surface area contributed by atoms with Crippen molar-refractivity contribution in [1.82, 2.24) is 10.3 Å². The Morgan fingerprint density at radius 3 is 2.95 bits per heavy atom. The van der Waals surface area contributed by atoms with Crippen molar-refractivity contribution in [2.24, 2.45) is 5.84 Å². The Morgan fingerprint density at radius 1 is 1.38 bits per heavy atom. The van der Waals surface area contributed by atoms with Crippen molar-refractivity contribution in [2.45, 2.75) is 6.54 Å². The van der Waals surface area contributed by atoms with E-state index in [1.54, 1.807) is 30.5 Å². The SMILES string of the molecule is CN(CCOc1cccc(C(=O)NN)c1)Cc1ccco1. The number of hydrogen-bond acceptors (Lipinski definition) is 5. The van der Waals surface area contributed by atoms with E-state index in [1.807, 2.05) is 19.2 Å². The van der Waals surface area contributed by atoms with Crippen molar-refractivity contribution in [3.05, 3.63) is 54.0 Å². The monoisotopic (exact) mass is 289 g/mol. The molecule has 0 fully saturated rings. The average molecular weight is 289 g/mol. The third-order valence-electron chi connectivity index (χ3n) is 2.97. The topological polar surface area (TPSA) is 80.7 Å². The van der Waals surface area contributed by atoms with Gasteiger partial charge in [-0.25, -0.2) is 5.84 Å². The number of ether oxygens (including phenoxy) is 1. The number of benzene rings is 1. The van der Waals surface area contributed by atoms with Gasteiger partial charge >= 0.3 is 0 Å². The minimum atomic E-state index is -0.338. The quantitative estimate of drug-likeness (QED) is 0.457. The van der Waals surface area contributed by atoms with Gasteiger partial charge in [-0.05, 0) is 37.4 Å². The molecule has 0 aliphatic carbocycles. The van der Waals surface area contributed by atoms with Gasteiger partial charge in [0.25, 0.3) is 5.91 Å². The maximum atomic E-state index is 11.4. The third-order valence-corrected chi connectivity index (χ3v) is 2.97. The number of likely N-dealkylation sites (N-methyl/N-ethyl adjacent to an activating group) is 1. The molecule has 0 radical (unpaired) electrons. The number of carbonyl (C=O) groups is 1. The molecule has 6 heteroatoms. The highest BCUT2D eigenvalue weighted by atomic mass is 16.5. The third kappa shape index (κ3) is 4.62. The van der Waals surface area contributed by atoms with E-state index in [9.17, 15) is 4.79 Å². The summed E-state index contributed by atoms with van der Waals surface area (Å²) >= 11 is 0. The zero-order valence-corrected chi connectivity index (χ0v) is 11.9. The summed E-state index contributed by atoms with van der Waals surface area (Å²) in [5.74, 6) is 6.32. The van der Waals surface area contributed by atoms with Gasteiger partial charge in [0.15, 0.2) is 0 Å². The number of furan rings is 1. The lowest BCUT2D eigenvalue weighted by Crippen LogP contribution is -2.30. The lowest BCUT2D eigenvalue weighted by molar-refractivity contribution is 0.0953. The molecule has 1 amide bonds. The number of carbonyl (C=O) groups excluding carboxylic acids is 1. The number of amides is 1. The fourth-order valence-electron chi connectivity index (χ4n) is 1.88. The van der Waals surface area contributed by atoms with Crippen LogP contribution in [0.5, 0.6) is 5.75 Å². The molecule has 2 rings (SSSR count). The normalized spacial score (nSPS) is 10.6. The van der Waals surface area contributed by atoms with Crippen LogP contribution in [-0.4, -0.2) is 31.0 Å². The molecule has 0 saturated heterocycles. The average Bonchev–Trinajstić information content (AvgIpc) is 2.99. The molecule has 1 aromatic carbocycles. The lowest BCUT2D eigenvalue weighted by atomic mass is 10.2. The van der Waals surface area contributed by atoms with Gasteiger partial charge in [-0.3, -0.25) is 15.1 Å². The molecular formula is C15H19N3O3. The predicted octanol–water partition coefficient (Wildman–Crippen LogP) is 1.39. The van der Waals surface area contributed by atoms with E-state index in [2.05, 4.69) is 10.3 Å². The van der Waals surface area contributed by atoms with E-state index in [4.69, 9.17) is 15.0 Å². The van der Waals surface area contributed by atoms with E-state index < -0.39 is 0 Å². The summed E-state index contributed by atoms with van der Waals surface area (Å²) in [5.41, 5.74) is 2.57. The second kappa shape index (κ2) is 7.47. The van der Waals surface area contributed by atoms with Crippen molar-refractivity contribution >= 4 is 5.91 Å². The largest absolute Gasteiger partial charge is 0.492 e. The molecular weight excluding hydrogens is 270 g/mol. The Hall–Kier alpha value is -2.31. The van der Waals surface area contributed by atoms with Gasteiger partial charge in [-0.2, -0.15) is 0 Å². The number of hydrogen-bond donors (Lipinski definition) is 2. The number of rotatable bonds is 7. The number of hydrazine groups is 1. The van der Waals surface area contributed by atoms with Crippen molar-refractivity contribution in [3.63, 3.8) is 0 Å². The molecule has 0 atom stereocenters. The Morgan fingerprint density at radius 2 is 2.24 bits per heavy atom. The van der Waals surface area contributed by atoms with Gasteiger partial charge in [-0.15, -0.1) is 0 Å². The summed E-state index contributed by atoms with van der Waals surface area (Å²) in [4.78, 5) is 13.5. The summed E-state index contributed by atoms with van der Waals surface area (Å²) in [5, 5.41) is 0. The van der Waals surface area contributed by atoms with Crippen molar-refractivity contribution in [2.75, 3.05) is 20.2 Å². The Bertz CT molecular complexity index is 569. The fourth-order valence-corrected chi connectivity index (χ4v) is 1.88. The maximum absolute atomic E-state index is 11.4. The highest BCUT2D eigenvalue weighted by Gasteiger charge is 2.06. The van der Waals surface area contributed by atoms with Gasteiger partial charge in [0.05, 0.1) is 12.8 Å². The van der Waals surface area contributed by atoms with Crippen LogP contribution in [0.1, 0.15) is 16.1 Å². The summed E-state index contributed by atoms with van der Waals surface area (Å²) in [7, 11) is 1.99. The Kier molecular flexibility index (Phi) is 5.36. The molecule has 112 valence electrons. The smallest absolute Gasteiger partial charge is 0.265 e. The first-order chi connectivity index (χ1) is 10.2. The summed E-state index contributed by atoms with van der Waals surface area (Å²) in [6.45, 7) is 1.99. The number of nitrogens with two attached hydrogens (primary N) is 1. The Labute approximate surface area is 123 Å². The molecule has 1 heterocycles. The van der Waals surface area contributed by atoms with Crippen LogP contribution in [0.25, 0.3) is 0 Å². The molecule has 3 N–H and O–H groups in total. The molecule has 0 aliphatic heterocycles. The summed E-state index contributed by atoms with van der Waals surface area (Å²) in [6.07, 6.45) is 1.66. The van der Waals surface area contributed by atoms with Gasteiger partial charge < -0.3 is 9.15 Å². The van der Waals surface area contributed by atoms with Gasteiger partial charge in [0.1, 0.15) is 18.1 Å². The molecule has 0 unspecified atom stereocenters. The van der Waals surface area contributed by atoms with Gasteiger partial charge in [0.2, 0.25) is 0 Å². The van der Waals surface area contributed by atoms with Crippen LogP contribution in [0.2, 0.25) is 0 Å². The van der Waals surface area contributed by atoms with Crippen LogP contribution < -0.4 is 16.0 Å². The first-order valence-corrected chi connectivity index (χ1v) is 6.64. The molecule has 21 heavy (non-hydrogen) atoms. The van der Waals surface area contributed by atoms with E-state index in [1.165, 1.54) is 0 Å². The zero-order chi connectivity index (χ0) is 15.1. The minimum absolute atomic E-state index is 0.338. The number of nitrogens with zero attached hydrogens (tertiary/aromatic N) is 1. The van der Waals surface area contributed by atoms with Crippen LogP contribution in [0.4, 0.5) is 0 Å². The Balaban J connectivity index is 1.79. The highest BCUT2D eigenvalue weighted by molar-refractivity contribution is 5.94. The zero-order valence-electron chi connectivity index (χ0n) is 11.9. The van der Waals surface area contributed by atoms with Crippen molar-refractivity contribution in [3.8, 4) is 5.75 Å². The van der Waals surface area contributed by atoms with Crippen molar-refractivity contribution in [1.29, 1.82) is 0 Å². The molecule has 2 aromatic rings. The number of nitrogens with one attached hydrogen (secondary N) is 1. The standard InChI is InChI=1S/C15H19N3O3/c1-18(11-14-6-3-8-20-14)7-9-21-13-5-2-4-12(10-13)15(19)17-16/h2-6,8,10H,7,9,11,16H2,1H3,(H,17,19). The predicted molar refractivity (Wildman–Crippen MR) is 78.6 cm³/mol. The van der Waals surface area contributed by atoms with Gasteiger partial charge in [-0.1, -0.05) is 6.07 Å². The summed E-state index contributed by atoms with van der Waals surface area (Å²) in [6, 6.07) is 10.7. The molecule has 0 bridgehead atoms. The van der Waals surface area contributed by atoms with E-state index in [0.29, 0.717) is 17.9 Å². The first-order valence-electron chi connectivity index (χ1n) is 6.64. The van der Waals surface area contributed by atoms with Crippen LogP contribution in [0.15, 0.2) is 47.1 Å².